The van der Waals surface area contributed by atoms with E-state index >= 15 is 0 Å². The minimum Gasteiger partial charge on any atom is -0.492 e. The van der Waals surface area contributed by atoms with E-state index in [4.69, 9.17) is 5.26 Å². The van der Waals surface area contributed by atoms with E-state index in [1.165, 1.54) is 39.7 Å². The van der Waals surface area contributed by atoms with E-state index in [-0.39, 0.29) is 25.2 Å². The van der Waals surface area contributed by atoms with Gasteiger partial charge in [-0.2, -0.15) is 23.5 Å². The van der Waals surface area contributed by atoms with Gasteiger partial charge in [-0.3, -0.25) is 0 Å². The molecule has 0 radical (unpaired) electrons. The van der Waals surface area contributed by atoms with Crippen LogP contribution in [0.1, 0.15) is 5.69 Å². The van der Waals surface area contributed by atoms with Gasteiger partial charge in [0, 0.05) is 6.20 Å². The summed E-state index contributed by atoms with van der Waals surface area (Å²) < 4.78 is 0. The quantitative estimate of drug-likeness (QED) is 0.130. The van der Waals surface area contributed by atoms with Gasteiger partial charge < -0.3 is 15.4 Å². The standard InChI is InChI=1S/C26H24P2.C5H5.C3HN4.Ru/c1-5-13-23(14-6-1)27(24-15-7-2-8-16-24)21-22-28(25-17-9-3-10-18-25)26-19-11-4-12-20-26;1-2-4-5-3-1;4-1-3-2-5-7-6-3;/h1-20H,21-22H2;1-5H;2H;/q;2*-1;+6/p+2. The van der Waals surface area contributed by atoms with Gasteiger partial charge in [0.2, 0.25) is 0 Å². The first-order valence-electron chi connectivity index (χ1n) is 13.2. The zero-order chi connectivity index (χ0) is 27.7. The van der Waals surface area contributed by atoms with E-state index in [9.17, 15) is 0 Å². The van der Waals surface area contributed by atoms with Crippen molar-refractivity contribution in [2.75, 3.05) is 12.3 Å². The molecule has 0 saturated heterocycles. The monoisotopic (exact) mass is 660 g/mol. The van der Waals surface area contributed by atoms with Gasteiger partial charge in [0.15, 0.2) is 0 Å². The summed E-state index contributed by atoms with van der Waals surface area (Å²) in [5.41, 5.74) is 0.264. The molecule has 0 spiro atoms. The average molecular weight is 660 g/mol. The van der Waals surface area contributed by atoms with Gasteiger partial charge in [-0.25, -0.2) is 12.1 Å². The fourth-order valence-electron chi connectivity index (χ4n) is 4.27. The maximum absolute atomic E-state index is 8.03. The van der Waals surface area contributed by atoms with Crippen LogP contribution in [0.5, 0.6) is 0 Å². The zero-order valence-electron chi connectivity index (χ0n) is 22.6. The minimum absolute atomic E-state index is 0. The molecule has 0 saturated carbocycles. The maximum Gasteiger partial charge on any atom is 6.00 e. The molecule has 0 N–H and O–H groups in total. The van der Waals surface area contributed by atoms with Crippen LogP contribution in [0.15, 0.2) is 158 Å². The van der Waals surface area contributed by atoms with Gasteiger partial charge in [-0.1, -0.05) is 72.8 Å². The summed E-state index contributed by atoms with van der Waals surface area (Å²) >= 11 is 0. The second kappa shape index (κ2) is 18.6. The van der Waals surface area contributed by atoms with Crippen molar-refractivity contribution in [1.29, 1.82) is 5.26 Å². The van der Waals surface area contributed by atoms with Crippen LogP contribution < -0.4 is 26.4 Å². The third kappa shape index (κ3) is 10.7. The third-order valence-electron chi connectivity index (χ3n) is 6.17. The summed E-state index contributed by atoms with van der Waals surface area (Å²) in [4.78, 5) is 0. The van der Waals surface area contributed by atoms with Crippen LogP contribution in [0, 0.1) is 11.3 Å². The Balaban J connectivity index is 0.000000293. The molecule has 41 heavy (non-hydrogen) atoms. The number of hydrogen-bond donors (Lipinski definition) is 0. The van der Waals surface area contributed by atoms with E-state index in [1.807, 2.05) is 30.3 Å². The van der Waals surface area contributed by atoms with E-state index in [1.54, 1.807) is 6.07 Å². The number of benzene rings is 4. The van der Waals surface area contributed by atoms with Crippen molar-refractivity contribution in [3.8, 4) is 6.07 Å². The Morgan fingerprint density at radius 3 is 1.17 bits per heavy atom. The Kier molecular flexibility index (Phi) is 14.5. The summed E-state index contributed by atoms with van der Waals surface area (Å²) in [6, 6.07) is 56.3. The Bertz CT molecular complexity index is 1310. The molecule has 200 valence electrons. The molecule has 5 aromatic carbocycles. The summed E-state index contributed by atoms with van der Waals surface area (Å²) in [6.45, 7) is 0. The normalized spacial score (nSPS) is 9.88. The smallest absolute Gasteiger partial charge is 0.492 e. The van der Waals surface area contributed by atoms with Crippen LogP contribution in [0.25, 0.3) is 0 Å². The van der Waals surface area contributed by atoms with Crippen molar-refractivity contribution in [2.45, 2.75) is 0 Å². The fourth-order valence-corrected chi connectivity index (χ4v) is 10.5. The first-order valence-corrected chi connectivity index (χ1v) is 16.6. The van der Waals surface area contributed by atoms with Crippen molar-refractivity contribution in [1.82, 2.24) is 15.4 Å². The predicted molar refractivity (Wildman–Crippen MR) is 173 cm³/mol. The molecule has 0 aliphatic carbocycles. The van der Waals surface area contributed by atoms with Gasteiger partial charge in [-0.05, 0) is 48.5 Å². The molecule has 1 heterocycles. The molecule has 1 aromatic heterocycles. The molecular formula is C34H32N4P2Ru+6. The SMILES string of the molecule is N#Cc1cn[n-]n1.[Ru+6].c1cc[cH-]c1.c1ccc([PH+](CC[PH+](c2ccccc2)c2ccccc2)c2ccccc2)cc1. The Labute approximate surface area is 258 Å². The van der Waals surface area contributed by atoms with Crippen molar-refractivity contribution >= 4 is 37.1 Å². The van der Waals surface area contributed by atoms with Crippen molar-refractivity contribution in [3.63, 3.8) is 0 Å². The second-order valence-electron chi connectivity index (χ2n) is 8.81. The molecule has 0 aliphatic heterocycles. The Hall–Kier alpha value is -3.66. The van der Waals surface area contributed by atoms with E-state index < -0.39 is 15.8 Å². The largest absolute Gasteiger partial charge is 6.00 e. The summed E-state index contributed by atoms with van der Waals surface area (Å²) in [5, 5.41) is 23.9. The molecule has 6 rings (SSSR count). The molecule has 0 bridgehead atoms. The third-order valence-corrected chi connectivity index (χ3v) is 12.3. The average Bonchev–Trinajstić information content (AvgIpc) is 3.80. The van der Waals surface area contributed by atoms with Crippen LogP contribution in [-0.4, -0.2) is 22.5 Å². The van der Waals surface area contributed by atoms with Gasteiger partial charge >= 0.3 is 19.5 Å². The van der Waals surface area contributed by atoms with Gasteiger partial charge in [0.25, 0.3) is 0 Å². The summed E-state index contributed by atoms with van der Waals surface area (Å²) in [6.07, 6.45) is 3.83. The topological polar surface area (TPSA) is 63.7 Å². The predicted octanol–water partition coefficient (Wildman–Crippen LogP) is 5.43. The molecule has 0 unspecified atom stereocenters. The number of nitriles is 1. The van der Waals surface area contributed by atoms with Crippen LogP contribution in [0.3, 0.4) is 0 Å². The van der Waals surface area contributed by atoms with Gasteiger partial charge in [0.05, 0.1) is 37.1 Å². The van der Waals surface area contributed by atoms with Gasteiger partial charge in [0.1, 0.15) is 24.1 Å². The molecule has 0 aliphatic rings. The minimum atomic E-state index is -0.783. The van der Waals surface area contributed by atoms with Crippen molar-refractivity contribution < 1.29 is 19.5 Å². The molecule has 7 heteroatoms. The number of rotatable bonds is 7. The summed E-state index contributed by atoms with van der Waals surface area (Å²) in [7, 11) is -1.57. The second-order valence-corrected chi connectivity index (χ2v) is 14.0. The van der Waals surface area contributed by atoms with Crippen LogP contribution in [0.2, 0.25) is 0 Å². The molecule has 0 fully saturated rings. The number of aromatic nitrogens is 3. The first-order chi connectivity index (χ1) is 19.8. The van der Waals surface area contributed by atoms with Crippen LogP contribution in [0.4, 0.5) is 0 Å². The molecular weight excluding hydrogens is 627 g/mol. The van der Waals surface area contributed by atoms with E-state index in [2.05, 4.69) is 137 Å². The first kappa shape index (κ1) is 31.9. The van der Waals surface area contributed by atoms with Crippen LogP contribution >= 0.6 is 15.8 Å². The maximum atomic E-state index is 8.03. The Morgan fingerprint density at radius 2 is 0.951 bits per heavy atom. The van der Waals surface area contributed by atoms with E-state index in [0.29, 0.717) is 0 Å². The fraction of sp³-hybridized carbons (Fsp3) is 0.0588. The van der Waals surface area contributed by atoms with Crippen molar-refractivity contribution in [2.24, 2.45) is 0 Å². The van der Waals surface area contributed by atoms with Crippen LogP contribution in [-0.2, 0) is 19.5 Å². The molecule has 6 aromatic rings. The molecule has 0 amide bonds. The number of hydrogen-bond acceptors (Lipinski definition) is 3. The summed E-state index contributed by atoms with van der Waals surface area (Å²) in [5.74, 6) is 0. The molecule has 0 atom stereocenters. The van der Waals surface area contributed by atoms with Gasteiger partial charge in [-0.15, -0.1) is 0 Å². The van der Waals surface area contributed by atoms with E-state index in [0.717, 1.165) is 0 Å². The zero-order valence-corrected chi connectivity index (χ0v) is 26.3. The van der Waals surface area contributed by atoms with Crippen molar-refractivity contribution in [3.05, 3.63) is 164 Å². The Morgan fingerprint density at radius 1 is 0.585 bits per heavy atom. The number of nitrogens with zero attached hydrogens (tertiary/aromatic N) is 4. The molecule has 4 nitrogen and oxygen atoms in total.